The van der Waals surface area contributed by atoms with Gasteiger partial charge in [0.25, 0.3) is 0 Å². The summed E-state index contributed by atoms with van der Waals surface area (Å²) in [5.41, 5.74) is 0. The lowest BCUT2D eigenvalue weighted by Gasteiger charge is -2.36. The molecule has 0 bridgehead atoms. The van der Waals surface area contributed by atoms with Crippen molar-refractivity contribution in [1.82, 2.24) is 9.80 Å². The minimum absolute atomic E-state index is 0.0295. The van der Waals surface area contributed by atoms with Crippen LogP contribution in [0.1, 0.15) is 30.6 Å². The van der Waals surface area contributed by atoms with Crippen molar-refractivity contribution in [3.63, 3.8) is 0 Å². The zero-order valence-electron chi connectivity index (χ0n) is 14.1. The molecule has 1 aromatic heterocycles. The zero-order valence-corrected chi connectivity index (χ0v) is 14.9. The van der Waals surface area contributed by atoms with E-state index in [2.05, 4.69) is 11.4 Å². The molecule has 5 nitrogen and oxygen atoms in total. The van der Waals surface area contributed by atoms with Crippen molar-refractivity contribution in [2.75, 3.05) is 39.4 Å². The van der Waals surface area contributed by atoms with E-state index >= 15 is 0 Å². The maximum absolute atomic E-state index is 12.6. The van der Waals surface area contributed by atoms with Crippen molar-refractivity contribution in [2.45, 2.75) is 32.1 Å². The number of piperidine rings is 1. The Morgan fingerprint density at radius 1 is 1.21 bits per heavy atom. The Morgan fingerprint density at radius 2 is 2.04 bits per heavy atom. The predicted octanol–water partition coefficient (Wildman–Crippen LogP) is 2.17. The first kappa shape index (κ1) is 17.4. The number of carbonyl (C=O) groups is 2. The Balaban J connectivity index is 1.45. The van der Waals surface area contributed by atoms with Crippen LogP contribution in [0.2, 0.25) is 0 Å². The highest BCUT2D eigenvalue weighted by molar-refractivity contribution is 7.09. The van der Waals surface area contributed by atoms with Gasteiger partial charge in [-0.1, -0.05) is 6.07 Å². The van der Waals surface area contributed by atoms with Gasteiger partial charge in [0.2, 0.25) is 11.8 Å². The molecule has 0 aliphatic carbocycles. The lowest BCUT2D eigenvalue weighted by Crippen LogP contribution is -2.49. The smallest absolute Gasteiger partial charge is 0.227 e. The van der Waals surface area contributed by atoms with Gasteiger partial charge in [-0.15, -0.1) is 11.3 Å². The molecule has 1 aromatic rings. The molecule has 132 valence electrons. The molecule has 0 spiro atoms. The van der Waals surface area contributed by atoms with Crippen LogP contribution in [-0.2, 0) is 20.7 Å². The monoisotopic (exact) mass is 350 g/mol. The fourth-order valence-electron chi connectivity index (χ4n) is 3.47. The minimum atomic E-state index is -0.0295. The van der Waals surface area contributed by atoms with E-state index in [1.165, 1.54) is 4.88 Å². The van der Waals surface area contributed by atoms with Crippen LogP contribution < -0.4 is 0 Å². The summed E-state index contributed by atoms with van der Waals surface area (Å²) in [4.78, 5) is 30.2. The number of morpholine rings is 1. The number of carbonyl (C=O) groups excluding carboxylic acids is 2. The molecule has 0 aromatic carbocycles. The van der Waals surface area contributed by atoms with Crippen molar-refractivity contribution in [2.24, 2.45) is 5.92 Å². The van der Waals surface area contributed by atoms with Gasteiger partial charge in [0.05, 0.1) is 19.1 Å². The molecule has 1 atom stereocenters. The summed E-state index contributed by atoms with van der Waals surface area (Å²) in [5, 5.41) is 2.07. The molecule has 2 fully saturated rings. The van der Waals surface area contributed by atoms with Crippen LogP contribution in [0, 0.1) is 5.92 Å². The van der Waals surface area contributed by atoms with Crippen LogP contribution >= 0.6 is 11.3 Å². The number of hydrogen-bond acceptors (Lipinski definition) is 4. The molecular weight excluding hydrogens is 324 g/mol. The third kappa shape index (κ3) is 4.57. The fourth-order valence-corrected chi connectivity index (χ4v) is 4.23. The van der Waals surface area contributed by atoms with Crippen molar-refractivity contribution in [3.05, 3.63) is 22.4 Å². The maximum atomic E-state index is 12.6. The summed E-state index contributed by atoms with van der Waals surface area (Å²) in [7, 11) is 0. The van der Waals surface area contributed by atoms with E-state index in [1.54, 1.807) is 11.3 Å². The van der Waals surface area contributed by atoms with Crippen molar-refractivity contribution < 1.29 is 14.3 Å². The summed E-state index contributed by atoms with van der Waals surface area (Å²) < 4.78 is 5.31. The minimum Gasteiger partial charge on any atom is -0.378 e. The SMILES string of the molecule is O=C(CCCc1cccs1)N1CCCC(C(=O)N2CCOCC2)C1. The van der Waals surface area contributed by atoms with E-state index in [4.69, 9.17) is 4.74 Å². The third-order valence-electron chi connectivity index (χ3n) is 4.84. The average Bonchev–Trinajstić information content (AvgIpc) is 3.15. The Labute approximate surface area is 147 Å². The molecule has 6 heteroatoms. The van der Waals surface area contributed by atoms with Gasteiger partial charge in [-0.2, -0.15) is 0 Å². The Bertz CT molecular complexity index is 540. The highest BCUT2D eigenvalue weighted by Gasteiger charge is 2.31. The molecule has 0 radical (unpaired) electrons. The lowest BCUT2D eigenvalue weighted by molar-refractivity contribution is -0.144. The van der Waals surface area contributed by atoms with Gasteiger partial charge in [0.15, 0.2) is 0 Å². The van der Waals surface area contributed by atoms with Gasteiger partial charge >= 0.3 is 0 Å². The van der Waals surface area contributed by atoms with E-state index in [0.29, 0.717) is 39.3 Å². The van der Waals surface area contributed by atoms with Crippen LogP contribution in [0.15, 0.2) is 17.5 Å². The first-order chi connectivity index (χ1) is 11.7. The first-order valence-corrected chi connectivity index (χ1v) is 9.78. The van der Waals surface area contributed by atoms with E-state index in [-0.39, 0.29) is 17.7 Å². The van der Waals surface area contributed by atoms with Crippen molar-refractivity contribution in [1.29, 1.82) is 0 Å². The number of nitrogens with zero attached hydrogens (tertiary/aromatic N) is 2. The normalized spacial score (nSPS) is 21.8. The van der Waals surface area contributed by atoms with E-state index in [0.717, 1.165) is 32.2 Å². The number of thiophene rings is 1. The summed E-state index contributed by atoms with van der Waals surface area (Å²) in [6, 6.07) is 4.17. The number of likely N-dealkylation sites (tertiary alicyclic amines) is 1. The molecule has 2 amide bonds. The second-order valence-electron chi connectivity index (χ2n) is 6.55. The second kappa shape index (κ2) is 8.62. The van der Waals surface area contributed by atoms with Gasteiger partial charge in [-0.05, 0) is 37.1 Å². The Morgan fingerprint density at radius 3 is 2.79 bits per heavy atom. The van der Waals surface area contributed by atoms with Crippen LogP contribution in [0.5, 0.6) is 0 Å². The average molecular weight is 350 g/mol. The zero-order chi connectivity index (χ0) is 16.8. The van der Waals surface area contributed by atoms with Gasteiger partial charge in [-0.3, -0.25) is 9.59 Å². The van der Waals surface area contributed by atoms with Gasteiger partial charge in [-0.25, -0.2) is 0 Å². The third-order valence-corrected chi connectivity index (χ3v) is 5.78. The van der Waals surface area contributed by atoms with Crippen LogP contribution in [0.4, 0.5) is 0 Å². The summed E-state index contributed by atoms with van der Waals surface area (Å²) in [5.74, 6) is 0.374. The quantitative estimate of drug-likeness (QED) is 0.818. The number of hydrogen-bond donors (Lipinski definition) is 0. The molecule has 24 heavy (non-hydrogen) atoms. The summed E-state index contributed by atoms with van der Waals surface area (Å²) in [6.45, 7) is 4.01. The molecule has 2 saturated heterocycles. The highest BCUT2D eigenvalue weighted by Crippen LogP contribution is 2.21. The molecule has 2 aliphatic rings. The number of rotatable bonds is 5. The van der Waals surface area contributed by atoms with E-state index < -0.39 is 0 Å². The topological polar surface area (TPSA) is 49.9 Å². The highest BCUT2D eigenvalue weighted by atomic mass is 32.1. The number of amides is 2. The second-order valence-corrected chi connectivity index (χ2v) is 7.58. The van der Waals surface area contributed by atoms with Gasteiger partial charge in [0.1, 0.15) is 0 Å². The van der Waals surface area contributed by atoms with E-state index in [1.807, 2.05) is 15.9 Å². The van der Waals surface area contributed by atoms with Crippen LogP contribution in [0.3, 0.4) is 0 Å². The first-order valence-electron chi connectivity index (χ1n) is 8.91. The van der Waals surface area contributed by atoms with Crippen LogP contribution in [-0.4, -0.2) is 61.0 Å². The summed E-state index contributed by atoms with van der Waals surface area (Å²) >= 11 is 1.74. The standard InChI is InChI=1S/C18H26N2O3S/c21-17(7-1-5-16-6-3-13-24-16)20-8-2-4-15(14-20)18(22)19-9-11-23-12-10-19/h3,6,13,15H,1-2,4-5,7-12,14H2. The molecule has 2 aliphatic heterocycles. The fraction of sp³-hybridized carbons (Fsp3) is 0.667. The molecule has 0 N–H and O–H groups in total. The van der Waals surface area contributed by atoms with Crippen LogP contribution in [0.25, 0.3) is 0 Å². The largest absolute Gasteiger partial charge is 0.378 e. The molecular formula is C18H26N2O3S. The van der Waals surface area contributed by atoms with E-state index in [9.17, 15) is 9.59 Å². The lowest BCUT2D eigenvalue weighted by atomic mass is 9.96. The predicted molar refractivity (Wildman–Crippen MR) is 94.0 cm³/mol. The summed E-state index contributed by atoms with van der Waals surface area (Å²) in [6.07, 6.45) is 4.26. The maximum Gasteiger partial charge on any atom is 0.227 e. The number of aryl methyl sites for hydroxylation is 1. The molecule has 3 heterocycles. The molecule has 3 rings (SSSR count). The molecule has 0 saturated carbocycles. The van der Waals surface area contributed by atoms with Gasteiger partial charge < -0.3 is 14.5 Å². The van der Waals surface area contributed by atoms with Gasteiger partial charge in [0, 0.05) is 37.5 Å². The Kier molecular flexibility index (Phi) is 6.26. The molecule has 1 unspecified atom stereocenters. The Hall–Kier alpha value is -1.40. The van der Waals surface area contributed by atoms with Crippen molar-refractivity contribution >= 4 is 23.2 Å². The van der Waals surface area contributed by atoms with Crippen molar-refractivity contribution in [3.8, 4) is 0 Å². The number of ether oxygens (including phenoxy) is 1.